The summed E-state index contributed by atoms with van der Waals surface area (Å²) in [7, 11) is 0. The Kier molecular flexibility index (Phi) is 7.20. The first-order valence-corrected chi connectivity index (χ1v) is 11.7. The predicted octanol–water partition coefficient (Wildman–Crippen LogP) is 4.31. The molecule has 1 N–H and O–H groups in total. The van der Waals surface area contributed by atoms with Crippen LogP contribution in [0.15, 0.2) is 23.2 Å². The third kappa shape index (κ3) is 4.63. The largest absolute Gasteiger partial charge is 0.454 e. The summed E-state index contributed by atoms with van der Waals surface area (Å²) >= 11 is 0. The molecule has 0 bridgehead atoms. The highest BCUT2D eigenvalue weighted by Crippen LogP contribution is 2.45. The van der Waals surface area contributed by atoms with Crippen LogP contribution in [0.25, 0.3) is 0 Å². The van der Waals surface area contributed by atoms with Crippen molar-refractivity contribution in [1.82, 2.24) is 10.2 Å². The van der Waals surface area contributed by atoms with Crippen LogP contribution in [0.3, 0.4) is 0 Å². The minimum Gasteiger partial charge on any atom is -0.454 e. The molecule has 1 aromatic carbocycles. The number of likely N-dealkylation sites (tertiary alicyclic amines) is 1. The van der Waals surface area contributed by atoms with Gasteiger partial charge < -0.3 is 24.4 Å². The Labute approximate surface area is 203 Å². The Morgan fingerprint density at radius 3 is 2.61 bits per heavy atom. The molecular formula is C24H36IN3O3. The van der Waals surface area contributed by atoms with E-state index < -0.39 is 0 Å². The van der Waals surface area contributed by atoms with Crippen LogP contribution < -0.4 is 14.8 Å². The molecule has 4 aliphatic rings. The lowest BCUT2D eigenvalue weighted by atomic mass is 9.74. The maximum absolute atomic E-state index is 5.73. The first kappa shape index (κ1) is 23.0. The number of aliphatic imine (C=N–C) groups is 1. The second kappa shape index (κ2) is 9.73. The number of ether oxygens (including phenoxy) is 3. The molecule has 1 spiro atoms. The molecule has 31 heavy (non-hydrogen) atoms. The normalized spacial score (nSPS) is 23.8. The summed E-state index contributed by atoms with van der Waals surface area (Å²) in [5, 5.41) is 3.58. The number of guanidine groups is 1. The van der Waals surface area contributed by atoms with Gasteiger partial charge in [0.15, 0.2) is 17.5 Å². The number of fused-ring (bicyclic) bond motifs is 1. The van der Waals surface area contributed by atoms with Crippen molar-refractivity contribution in [3.8, 4) is 11.5 Å². The number of nitrogens with one attached hydrogen (secondary N) is 1. The highest BCUT2D eigenvalue weighted by atomic mass is 127. The van der Waals surface area contributed by atoms with Gasteiger partial charge in [0.2, 0.25) is 6.79 Å². The highest BCUT2D eigenvalue weighted by Gasteiger charge is 2.41. The zero-order valence-electron chi connectivity index (χ0n) is 18.7. The molecule has 7 heteroatoms. The van der Waals surface area contributed by atoms with Gasteiger partial charge in [-0.25, -0.2) is 0 Å². The van der Waals surface area contributed by atoms with Crippen LogP contribution in [0, 0.1) is 5.41 Å². The van der Waals surface area contributed by atoms with E-state index >= 15 is 0 Å². The number of halogens is 1. The maximum atomic E-state index is 5.73. The monoisotopic (exact) mass is 541 g/mol. The van der Waals surface area contributed by atoms with Crippen molar-refractivity contribution in [2.45, 2.75) is 57.3 Å². The van der Waals surface area contributed by atoms with Crippen molar-refractivity contribution in [2.75, 3.05) is 46.2 Å². The Bertz CT molecular complexity index is 788. The van der Waals surface area contributed by atoms with Gasteiger partial charge in [-0.2, -0.15) is 0 Å². The maximum Gasteiger partial charge on any atom is 0.231 e. The zero-order chi connectivity index (χ0) is 20.4. The zero-order valence-corrected chi connectivity index (χ0v) is 21.0. The van der Waals surface area contributed by atoms with Crippen LogP contribution in [0.4, 0.5) is 0 Å². The smallest absolute Gasteiger partial charge is 0.231 e. The topological polar surface area (TPSA) is 55.3 Å². The molecule has 0 unspecified atom stereocenters. The summed E-state index contributed by atoms with van der Waals surface area (Å²) in [4.78, 5) is 7.74. The van der Waals surface area contributed by atoms with Gasteiger partial charge >= 0.3 is 0 Å². The number of rotatable bonds is 4. The SMILES string of the molecule is CCNC(=NCC1(c2ccc3c(c2)OCO3)CCOCC1)N1CCC2(CCCC2)C1.I. The van der Waals surface area contributed by atoms with Crippen molar-refractivity contribution in [3.05, 3.63) is 23.8 Å². The molecule has 2 saturated heterocycles. The molecule has 1 aliphatic carbocycles. The number of nitrogens with zero attached hydrogens (tertiary/aromatic N) is 2. The van der Waals surface area contributed by atoms with Crippen LogP contribution in [0.2, 0.25) is 0 Å². The van der Waals surface area contributed by atoms with Crippen LogP contribution in [-0.2, 0) is 10.2 Å². The highest BCUT2D eigenvalue weighted by molar-refractivity contribution is 14.0. The first-order valence-electron chi connectivity index (χ1n) is 11.7. The fraction of sp³-hybridized carbons (Fsp3) is 0.708. The molecule has 6 nitrogen and oxygen atoms in total. The quantitative estimate of drug-likeness (QED) is 0.350. The van der Waals surface area contributed by atoms with E-state index in [4.69, 9.17) is 19.2 Å². The summed E-state index contributed by atoms with van der Waals surface area (Å²) in [6.07, 6.45) is 8.86. The fourth-order valence-corrected chi connectivity index (χ4v) is 5.83. The van der Waals surface area contributed by atoms with Gasteiger partial charge in [-0.15, -0.1) is 24.0 Å². The van der Waals surface area contributed by atoms with Crippen molar-refractivity contribution in [1.29, 1.82) is 0 Å². The van der Waals surface area contributed by atoms with E-state index in [1.54, 1.807) is 0 Å². The molecule has 0 radical (unpaired) electrons. The van der Waals surface area contributed by atoms with Gasteiger partial charge in [0.1, 0.15) is 0 Å². The van der Waals surface area contributed by atoms with Crippen LogP contribution >= 0.6 is 24.0 Å². The van der Waals surface area contributed by atoms with Crippen molar-refractivity contribution in [2.24, 2.45) is 10.4 Å². The summed E-state index contributed by atoms with van der Waals surface area (Å²) in [5.74, 6) is 2.79. The van der Waals surface area contributed by atoms with Crippen molar-refractivity contribution in [3.63, 3.8) is 0 Å². The standard InChI is InChI=1S/C24H35N3O3.HI/c1-2-25-22(27-12-9-23(17-27)7-3-4-8-23)26-16-24(10-13-28-14-11-24)19-5-6-20-21(15-19)30-18-29-20;/h5-6,15H,2-4,7-14,16-18H2,1H3,(H,25,26);1H. The lowest BCUT2D eigenvalue weighted by Crippen LogP contribution is -2.43. The molecule has 1 saturated carbocycles. The Balaban J connectivity index is 0.00000231. The van der Waals surface area contributed by atoms with E-state index in [9.17, 15) is 0 Å². The molecule has 0 atom stereocenters. The van der Waals surface area contributed by atoms with Gasteiger partial charge in [-0.1, -0.05) is 18.9 Å². The van der Waals surface area contributed by atoms with E-state index in [0.717, 1.165) is 63.1 Å². The van der Waals surface area contributed by atoms with E-state index in [2.05, 4.69) is 29.3 Å². The molecule has 172 valence electrons. The lowest BCUT2D eigenvalue weighted by Gasteiger charge is -2.37. The first-order chi connectivity index (χ1) is 14.7. The van der Waals surface area contributed by atoms with Crippen LogP contribution in [0.5, 0.6) is 11.5 Å². The molecule has 5 rings (SSSR count). The van der Waals surface area contributed by atoms with Crippen molar-refractivity contribution >= 4 is 29.9 Å². The fourth-order valence-electron chi connectivity index (χ4n) is 5.83. The van der Waals surface area contributed by atoms with Gasteiger partial charge in [-0.05, 0) is 62.1 Å². The summed E-state index contributed by atoms with van der Waals surface area (Å²) < 4.78 is 16.9. The Morgan fingerprint density at radius 2 is 1.84 bits per heavy atom. The van der Waals surface area contributed by atoms with Crippen LogP contribution in [-0.4, -0.2) is 57.0 Å². The van der Waals surface area contributed by atoms with Gasteiger partial charge in [0.25, 0.3) is 0 Å². The third-order valence-corrected chi connectivity index (χ3v) is 7.70. The molecule has 3 heterocycles. The Hall–Kier alpha value is -1.22. The third-order valence-electron chi connectivity index (χ3n) is 7.70. The summed E-state index contributed by atoms with van der Waals surface area (Å²) in [5.41, 5.74) is 1.83. The molecule has 0 amide bonds. The van der Waals surface area contributed by atoms with Gasteiger partial charge in [0, 0.05) is 38.3 Å². The Morgan fingerprint density at radius 1 is 1.06 bits per heavy atom. The average molecular weight is 541 g/mol. The molecule has 0 aromatic heterocycles. The molecule has 3 aliphatic heterocycles. The number of hydrogen-bond donors (Lipinski definition) is 1. The second-order valence-corrected chi connectivity index (χ2v) is 9.51. The van der Waals surface area contributed by atoms with Gasteiger partial charge in [-0.3, -0.25) is 4.99 Å². The minimum absolute atomic E-state index is 0. The molecule has 3 fully saturated rings. The average Bonchev–Trinajstić information content (AvgIpc) is 3.53. The van der Waals surface area contributed by atoms with Crippen molar-refractivity contribution < 1.29 is 14.2 Å². The summed E-state index contributed by atoms with van der Waals surface area (Å²) in [6.45, 7) is 8.03. The lowest BCUT2D eigenvalue weighted by molar-refractivity contribution is 0.0529. The molecular weight excluding hydrogens is 505 g/mol. The van der Waals surface area contributed by atoms with Crippen LogP contribution in [0.1, 0.15) is 57.4 Å². The second-order valence-electron chi connectivity index (χ2n) is 9.51. The molecule has 1 aromatic rings. The van der Waals surface area contributed by atoms with E-state index in [1.807, 2.05) is 6.07 Å². The van der Waals surface area contributed by atoms with E-state index in [1.165, 1.54) is 44.2 Å². The van der Waals surface area contributed by atoms with Gasteiger partial charge in [0.05, 0.1) is 6.54 Å². The van der Waals surface area contributed by atoms with E-state index in [-0.39, 0.29) is 29.4 Å². The summed E-state index contributed by atoms with van der Waals surface area (Å²) in [6, 6.07) is 6.41. The number of benzene rings is 1. The number of hydrogen-bond acceptors (Lipinski definition) is 4. The minimum atomic E-state index is -0.00925. The van der Waals surface area contributed by atoms with E-state index in [0.29, 0.717) is 12.2 Å². The predicted molar refractivity (Wildman–Crippen MR) is 133 cm³/mol.